The number of nitrogens with one attached hydrogen (secondary N) is 1. The molecule has 3 N–H and O–H groups in total. The highest BCUT2D eigenvalue weighted by Gasteiger charge is 2.24. The van der Waals surface area contributed by atoms with Crippen LogP contribution >= 0.6 is 11.3 Å². The first-order chi connectivity index (χ1) is 9.38. The van der Waals surface area contributed by atoms with Gasteiger partial charge in [-0.2, -0.15) is 0 Å². The van der Waals surface area contributed by atoms with Crippen LogP contribution in [0.2, 0.25) is 0 Å². The van der Waals surface area contributed by atoms with Gasteiger partial charge in [-0.1, -0.05) is 0 Å². The Morgan fingerprint density at radius 3 is 2.75 bits per heavy atom. The zero-order valence-electron chi connectivity index (χ0n) is 11.5. The number of fused-ring (bicyclic) bond motifs is 1. The molecule has 0 aliphatic carbocycles. The standard InChI is InChI=1S/C13H17N3O2S2/c1-7(2)15-12(17)8(3)20(18)13-16-10-5-4-9(14)6-11(10)19-13/h4-8H,14H2,1-3H3,(H,15,17). The van der Waals surface area contributed by atoms with Gasteiger partial charge in [-0.3, -0.25) is 9.00 Å². The molecule has 0 fully saturated rings. The average molecular weight is 311 g/mol. The van der Waals surface area contributed by atoms with Gasteiger partial charge in [0.25, 0.3) is 0 Å². The third-order valence-corrected chi connectivity index (χ3v) is 5.53. The van der Waals surface area contributed by atoms with Crippen LogP contribution in [0.3, 0.4) is 0 Å². The Kier molecular flexibility index (Phi) is 4.39. The molecule has 108 valence electrons. The average Bonchev–Trinajstić information content (AvgIpc) is 2.78. The van der Waals surface area contributed by atoms with Crippen LogP contribution in [0, 0.1) is 0 Å². The maximum Gasteiger partial charge on any atom is 0.236 e. The minimum Gasteiger partial charge on any atom is -0.399 e. The topological polar surface area (TPSA) is 85.1 Å². The van der Waals surface area contributed by atoms with Gasteiger partial charge in [-0.05, 0) is 39.0 Å². The predicted octanol–water partition coefficient (Wildman–Crippen LogP) is 1.90. The lowest BCUT2D eigenvalue weighted by Gasteiger charge is -2.12. The molecule has 1 heterocycles. The number of hydrogen-bond acceptors (Lipinski definition) is 5. The highest BCUT2D eigenvalue weighted by atomic mass is 32.2. The first-order valence-electron chi connectivity index (χ1n) is 6.25. The van der Waals surface area contributed by atoms with Crippen LogP contribution in [0.25, 0.3) is 10.2 Å². The molecule has 0 aliphatic heterocycles. The van der Waals surface area contributed by atoms with Crippen molar-refractivity contribution in [1.82, 2.24) is 10.3 Å². The van der Waals surface area contributed by atoms with Gasteiger partial charge in [-0.25, -0.2) is 4.98 Å². The molecule has 0 radical (unpaired) electrons. The fraction of sp³-hybridized carbons (Fsp3) is 0.385. The number of hydrogen-bond donors (Lipinski definition) is 2. The van der Waals surface area contributed by atoms with Crippen molar-refractivity contribution in [1.29, 1.82) is 0 Å². The minimum absolute atomic E-state index is 0.0251. The lowest BCUT2D eigenvalue weighted by molar-refractivity contribution is -0.120. The van der Waals surface area contributed by atoms with Gasteiger partial charge in [0.15, 0.2) is 4.34 Å². The van der Waals surface area contributed by atoms with E-state index < -0.39 is 16.0 Å². The van der Waals surface area contributed by atoms with E-state index in [0.717, 1.165) is 10.2 Å². The van der Waals surface area contributed by atoms with Crippen LogP contribution in [-0.2, 0) is 15.6 Å². The summed E-state index contributed by atoms with van der Waals surface area (Å²) in [4.78, 5) is 16.2. The number of aromatic nitrogens is 1. The fourth-order valence-corrected chi connectivity index (χ4v) is 4.19. The molecule has 0 bridgehead atoms. The van der Waals surface area contributed by atoms with Gasteiger partial charge in [0.05, 0.1) is 21.0 Å². The van der Waals surface area contributed by atoms with Gasteiger partial charge >= 0.3 is 0 Å². The van der Waals surface area contributed by atoms with Crippen molar-refractivity contribution in [3.8, 4) is 0 Å². The largest absolute Gasteiger partial charge is 0.399 e. The number of anilines is 1. The van der Waals surface area contributed by atoms with Crippen molar-refractivity contribution in [3.05, 3.63) is 18.2 Å². The van der Waals surface area contributed by atoms with Crippen molar-refractivity contribution in [2.24, 2.45) is 0 Å². The first-order valence-corrected chi connectivity index (χ1v) is 8.28. The van der Waals surface area contributed by atoms with Crippen molar-refractivity contribution < 1.29 is 9.00 Å². The Bertz CT molecular complexity index is 667. The van der Waals surface area contributed by atoms with Crippen LogP contribution < -0.4 is 11.1 Å². The third kappa shape index (κ3) is 3.16. The monoisotopic (exact) mass is 311 g/mol. The summed E-state index contributed by atoms with van der Waals surface area (Å²) >= 11 is 1.31. The predicted molar refractivity (Wildman–Crippen MR) is 83.2 cm³/mol. The lowest BCUT2D eigenvalue weighted by Crippen LogP contribution is -2.39. The summed E-state index contributed by atoms with van der Waals surface area (Å²) in [5.74, 6) is -0.225. The molecule has 20 heavy (non-hydrogen) atoms. The number of nitrogen functional groups attached to an aromatic ring is 1. The number of thiazole rings is 1. The summed E-state index contributed by atoms with van der Waals surface area (Å²) in [7, 11) is -1.46. The van der Waals surface area contributed by atoms with Crippen molar-refractivity contribution in [3.63, 3.8) is 0 Å². The van der Waals surface area contributed by atoms with Crippen molar-refractivity contribution in [2.75, 3.05) is 5.73 Å². The van der Waals surface area contributed by atoms with Gasteiger partial charge in [-0.15, -0.1) is 11.3 Å². The molecule has 0 aliphatic rings. The molecule has 5 nitrogen and oxygen atoms in total. The van der Waals surface area contributed by atoms with Gasteiger partial charge < -0.3 is 11.1 Å². The van der Waals surface area contributed by atoms with E-state index in [2.05, 4.69) is 10.3 Å². The number of nitrogens with zero attached hydrogens (tertiary/aromatic N) is 1. The molecule has 0 saturated heterocycles. The van der Waals surface area contributed by atoms with E-state index in [1.807, 2.05) is 13.8 Å². The molecular weight excluding hydrogens is 294 g/mol. The summed E-state index contributed by atoms with van der Waals surface area (Å²) in [6, 6.07) is 5.37. The second-order valence-electron chi connectivity index (χ2n) is 4.81. The van der Waals surface area contributed by atoms with E-state index in [1.165, 1.54) is 11.3 Å². The van der Waals surface area contributed by atoms with E-state index in [1.54, 1.807) is 25.1 Å². The van der Waals surface area contributed by atoms with Crippen molar-refractivity contribution >= 4 is 43.9 Å². The molecule has 0 spiro atoms. The second-order valence-corrected chi connectivity index (χ2v) is 7.79. The molecule has 1 aromatic carbocycles. The molecule has 2 atom stereocenters. The number of rotatable bonds is 4. The number of benzene rings is 1. The molecule has 2 aromatic rings. The van der Waals surface area contributed by atoms with Crippen LogP contribution in [0.5, 0.6) is 0 Å². The Morgan fingerprint density at radius 2 is 2.10 bits per heavy atom. The van der Waals surface area contributed by atoms with Crippen LogP contribution in [0.15, 0.2) is 22.5 Å². The maximum absolute atomic E-state index is 12.4. The normalized spacial score (nSPS) is 14.4. The minimum atomic E-state index is -1.46. The van der Waals surface area contributed by atoms with Gasteiger partial charge in [0.2, 0.25) is 5.91 Å². The summed E-state index contributed by atoms with van der Waals surface area (Å²) < 4.78 is 13.7. The third-order valence-electron chi connectivity index (χ3n) is 2.69. The maximum atomic E-state index is 12.4. The Hall–Kier alpha value is -1.47. The molecule has 1 aromatic heterocycles. The van der Waals surface area contributed by atoms with Crippen molar-refractivity contribution in [2.45, 2.75) is 36.4 Å². The summed E-state index contributed by atoms with van der Waals surface area (Å²) in [5.41, 5.74) is 7.11. The number of nitrogens with two attached hydrogens (primary N) is 1. The van der Waals surface area contributed by atoms with Crippen LogP contribution in [0.4, 0.5) is 5.69 Å². The molecule has 1 amide bonds. The van der Waals surface area contributed by atoms with Gasteiger partial charge in [0, 0.05) is 11.7 Å². The van der Waals surface area contributed by atoms with Crippen LogP contribution in [-0.4, -0.2) is 26.4 Å². The smallest absolute Gasteiger partial charge is 0.236 e. The molecular formula is C13H17N3O2S2. The highest BCUT2D eigenvalue weighted by Crippen LogP contribution is 2.27. The number of amides is 1. The van der Waals surface area contributed by atoms with Gasteiger partial charge in [0.1, 0.15) is 5.25 Å². The molecule has 7 heteroatoms. The zero-order chi connectivity index (χ0) is 14.9. The van der Waals surface area contributed by atoms with E-state index >= 15 is 0 Å². The second kappa shape index (κ2) is 5.88. The number of carbonyl (C=O) groups is 1. The van der Waals surface area contributed by atoms with E-state index in [-0.39, 0.29) is 11.9 Å². The first kappa shape index (κ1) is 14.9. The SMILES string of the molecule is CC(C)NC(=O)C(C)S(=O)c1nc2ccc(N)cc2s1. The molecule has 2 rings (SSSR count). The zero-order valence-corrected chi connectivity index (χ0v) is 13.2. The quantitative estimate of drug-likeness (QED) is 0.845. The summed E-state index contributed by atoms with van der Waals surface area (Å²) in [5, 5.41) is 2.13. The molecule has 2 unspecified atom stereocenters. The summed E-state index contributed by atoms with van der Waals surface area (Å²) in [6.07, 6.45) is 0. The van der Waals surface area contributed by atoms with E-state index in [9.17, 15) is 9.00 Å². The van der Waals surface area contributed by atoms with E-state index in [4.69, 9.17) is 5.73 Å². The Balaban J connectivity index is 2.24. The van der Waals surface area contributed by atoms with Crippen LogP contribution in [0.1, 0.15) is 20.8 Å². The highest BCUT2D eigenvalue weighted by molar-refractivity contribution is 7.88. The van der Waals surface area contributed by atoms with E-state index in [0.29, 0.717) is 10.0 Å². The summed E-state index contributed by atoms with van der Waals surface area (Å²) in [6.45, 7) is 5.39. The Labute approximate surface area is 124 Å². The molecule has 0 saturated carbocycles. The Morgan fingerprint density at radius 1 is 1.40 bits per heavy atom. The number of carbonyl (C=O) groups excluding carboxylic acids is 1. The lowest BCUT2D eigenvalue weighted by atomic mass is 10.3. The fourth-order valence-electron chi connectivity index (χ4n) is 1.66.